The summed E-state index contributed by atoms with van der Waals surface area (Å²) in [5.74, 6) is 0. The molecule has 176 valence electrons. The van der Waals surface area contributed by atoms with Crippen molar-refractivity contribution in [1.29, 1.82) is 0 Å². The molecule has 0 bridgehead atoms. The number of hydrogen-bond acceptors (Lipinski definition) is 0. The number of hydrogen-bond donors (Lipinski definition) is 0. The minimum atomic E-state index is -4.75. The van der Waals surface area contributed by atoms with Crippen LogP contribution >= 0.6 is 7.26 Å². The Morgan fingerprint density at radius 3 is 1.03 bits per heavy atom. The van der Waals surface area contributed by atoms with Crippen LogP contribution in [0.5, 0.6) is 0 Å². The summed E-state index contributed by atoms with van der Waals surface area (Å²) in [6.45, 7) is 0. The molecule has 0 atom stereocenters. The SMILES string of the molecule is FC(F)(F)c1ccccc1[P+](c1ccccc1)(c1ccccc1)c1ccccc1C(F)(F)F.[I-]. The second kappa shape index (κ2) is 10.1. The lowest BCUT2D eigenvalue weighted by Gasteiger charge is -2.31. The van der Waals surface area contributed by atoms with Crippen molar-refractivity contribution in [2.75, 3.05) is 0 Å². The molecule has 4 rings (SSSR count). The number of alkyl halides is 6. The van der Waals surface area contributed by atoms with Crippen LogP contribution in [0.2, 0.25) is 0 Å². The summed E-state index contributed by atoms with van der Waals surface area (Å²) in [4.78, 5) is 0. The van der Waals surface area contributed by atoms with Crippen LogP contribution in [0.4, 0.5) is 26.3 Å². The van der Waals surface area contributed by atoms with Crippen LogP contribution < -0.4 is 45.2 Å². The zero-order valence-electron chi connectivity index (χ0n) is 17.5. The third-order valence-electron chi connectivity index (χ3n) is 5.43. The summed E-state index contributed by atoms with van der Waals surface area (Å²) in [6, 6.07) is 26.3. The van der Waals surface area contributed by atoms with Gasteiger partial charge in [-0.2, -0.15) is 26.3 Å². The van der Waals surface area contributed by atoms with Crippen LogP contribution in [-0.2, 0) is 12.4 Å². The van der Waals surface area contributed by atoms with Crippen LogP contribution in [0.15, 0.2) is 109 Å². The maximum Gasteiger partial charge on any atom is 0.420 e. The first-order valence-electron chi connectivity index (χ1n) is 10.0. The predicted octanol–water partition coefficient (Wildman–Crippen LogP) is 3.35. The average molecular weight is 602 g/mol. The fourth-order valence-electron chi connectivity index (χ4n) is 4.15. The molecular weight excluding hydrogens is 584 g/mol. The second-order valence-corrected chi connectivity index (χ2v) is 10.7. The molecular formula is C26H18F6IP. The molecule has 0 N–H and O–H groups in total. The van der Waals surface area contributed by atoms with Crippen molar-refractivity contribution in [3.05, 3.63) is 120 Å². The lowest BCUT2D eigenvalue weighted by Crippen LogP contribution is -3.00. The lowest BCUT2D eigenvalue weighted by atomic mass is 10.2. The van der Waals surface area contributed by atoms with Crippen LogP contribution in [0, 0.1) is 0 Å². The molecule has 0 aliphatic rings. The van der Waals surface area contributed by atoms with Gasteiger partial charge in [0, 0.05) is 0 Å². The maximum atomic E-state index is 14.3. The maximum absolute atomic E-state index is 14.3. The normalized spacial score (nSPS) is 12.2. The molecule has 0 aliphatic carbocycles. The molecule has 8 heteroatoms. The van der Waals surface area contributed by atoms with Gasteiger partial charge < -0.3 is 24.0 Å². The first kappa shape index (κ1) is 26.2. The van der Waals surface area contributed by atoms with Gasteiger partial charge in [0.1, 0.15) is 28.5 Å². The van der Waals surface area contributed by atoms with E-state index in [0.29, 0.717) is 10.6 Å². The highest BCUT2D eigenvalue weighted by molar-refractivity contribution is 8.01. The summed E-state index contributed by atoms with van der Waals surface area (Å²) >= 11 is 0. The minimum Gasteiger partial charge on any atom is -1.00 e. The Balaban J connectivity index is 0.00000324. The second-order valence-electron chi connectivity index (χ2n) is 7.37. The largest absolute Gasteiger partial charge is 1.00 e. The van der Waals surface area contributed by atoms with Crippen molar-refractivity contribution in [2.24, 2.45) is 0 Å². The standard InChI is InChI=1S/C26H18F6P.HI/c27-25(28,29)21-15-7-9-17-23(21)33(19-11-3-1-4-12-19,20-13-5-2-6-14-20)24-18-10-8-16-22(24)26(30,31)32;/h1-18H;1H/q+1;/p-1. The Hall–Kier alpha value is -2.38. The van der Waals surface area contributed by atoms with Crippen LogP contribution in [0.1, 0.15) is 11.1 Å². The monoisotopic (exact) mass is 602 g/mol. The smallest absolute Gasteiger partial charge is 0.420 e. The Bertz CT molecular complexity index is 1140. The van der Waals surface area contributed by atoms with Gasteiger partial charge in [-0.05, 0) is 48.5 Å². The topological polar surface area (TPSA) is 0 Å². The van der Waals surface area contributed by atoms with E-state index in [4.69, 9.17) is 0 Å². The fraction of sp³-hybridized carbons (Fsp3) is 0.0769. The molecule has 0 fully saturated rings. The molecule has 0 spiro atoms. The lowest BCUT2D eigenvalue weighted by molar-refractivity contribution is -0.137. The molecule has 0 saturated carbocycles. The van der Waals surface area contributed by atoms with Gasteiger partial charge in [-0.1, -0.05) is 60.7 Å². The van der Waals surface area contributed by atoms with E-state index in [-0.39, 0.29) is 34.6 Å². The van der Waals surface area contributed by atoms with Crippen molar-refractivity contribution < 1.29 is 50.3 Å². The van der Waals surface area contributed by atoms with Gasteiger partial charge in [-0.3, -0.25) is 0 Å². The minimum absolute atomic E-state index is 0. The molecule has 0 heterocycles. The molecule has 0 radical (unpaired) electrons. The summed E-state index contributed by atoms with van der Waals surface area (Å²) < 4.78 is 85.5. The van der Waals surface area contributed by atoms with E-state index in [1.165, 1.54) is 36.4 Å². The highest BCUT2D eigenvalue weighted by atomic mass is 127. The van der Waals surface area contributed by atoms with E-state index < -0.39 is 30.7 Å². The van der Waals surface area contributed by atoms with Crippen LogP contribution in [-0.4, -0.2) is 0 Å². The van der Waals surface area contributed by atoms with Crippen molar-refractivity contribution in [1.82, 2.24) is 0 Å². The molecule has 0 saturated heterocycles. The van der Waals surface area contributed by atoms with Crippen molar-refractivity contribution in [3.8, 4) is 0 Å². The van der Waals surface area contributed by atoms with Crippen molar-refractivity contribution in [2.45, 2.75) is 12.4 Å². The van der Waals surface area contributed by atoms with Gasteiger partial charge in [0.15, 0.2) is 0 Å². The fourth-order valence-corrected chi connectivity index (χ4v) is 8.80. The van der Waals surface area contributed by atoms with Gasteiger partial charge >= 0.3 is 12.4 Å². The van der Waals surface area contributed by atoms with Crippen LogP contribution in [0.3, 0.4) is 0 Å². The van der Waals surface area contributed by atoms with Gasteiger partial charge in [0.25, 0.3) is 0 Å². The quantitative estimate of drug-likeness (QED) is 0.191. The summed E-state index contributed by atoms with van der Waals surface area (Å²) in [7, 11) is -3.61. The average Bonchev–Trinajstić information content (AvgIpc) is 2.80. The molecule has 4 aromatic carbocycles. The molecule has 0 nitrogen and oxygen atoms in total. The predicted molar refractivity (Wildman–Crippen MR) is 121 cm³/mol. The highest BCUT2D eigenvalue weighted by Crippen LogP contribution is 2.58. The third kappa shape index (κ3) is 4.73. The van der Waals surface area contributed by atoms with E-state index in [1.807, 2.05) is 0 Å². The van der Waals surface area contributed by atoms with Crippen LogP contribution in [0.25, 0.3) is 0 Å². The Morgan fingerprint density at radius 2 is 0.706 bits per heavy atom. The van der Waals surface area contributed by atoms with Gasteiger partial charge in [-0.15, -0.1) is 0 Å². The number of halogens is 7. The van der Waals surface area contributed by atoms with E-state index >= 15 is 0 Å². The number of benzene rings is 4. The van der Waals surface area contributed by atoms with E-state index in [0.717, 1.165) is 12.1 Å². The molecule has 0 unspecified atom stereocenters. The summed E-state index contributed by atoms with van der Waals surface area (Å²) in [5, 5.41) is 0.493. The summed E-state index contributed by atoms with van der Waals surface area (Å²) in [6.07, 6.45) is -9.50. The Morgan fingerprint density at radius 1 is 0.412 bits per heavy atom. The Labute approximate surface area is 211 Å². The van der Waals surface area contributed by atoms with E-state index in [2.05, 4.69) is 0 Å². The molecule has 0 amide bonds. The summed E-state index contributed by atoms with van der Waals surface area (Å²) in [5.41, 5.74) is -1.88. The van der Waals surface area contributed by atoms with Gasteiger partial charge in [0.05, 0.1) is 11.1 Å². The molecule has 4 aromatic rings. The Kier molecular flexibility index (Phi) is 7.78. The van der Waals surface area contributed by atoms with E-state index in [1.54, 1.807) is 60.7 Å². The van der Waals surface area contributed by atoms with Gasteiger partial charge in [-0.25, -0.2) is 0 Å². The zero-order chi connectivity index (χ0) is 23.7. The first-order chi connectivity index (χ1) is 15.7. The molecule has 0 aromatic heterocycles. The highest BCUT2D eigenvalue weighted by Gasteiger charge is 2.56. The third-order valence-corrected chi connectivity index (χ3v) is 9.80. The molecule has 0 aliphatic heterocycles. The van der Waals surface area contributed by atoms with E-state index in [9.17, 15) is 26.3 Å². The van der Waals surface area contributed by atoms with Crippen molar-refractivity contribution >= 4 is 28.5 Å². The first-order valence-corrected chi connectivity index (χ1v) is 11.8. The van der Waals surface area contributed by atoms with Crippen molar-refractivity contribution in [3.63, 3.8) is 0 Å². The molecule has 34 heavy (non-hydrogen) atoms. The zero-order valence-corrected chi connectivity index (χ0v) is 20.5. The van der Waals surface area contributed by atoms with Gasteiger partial charge in [0.2, 0.25) is 0 Å². The number of rotatable bonds is 4.